The second kappa shape index (κ2) is 6.33. The maximum Gasteiger partial charge on any atom is 0.126 e. The van der Waals surface area contributed by atoms with Gasteiger partial charge in [0.1, 0.15) is 5.82 Å². The maximum atomic E-state index is 13.6. The Morgan fingerprint density at radius 1 is 1.28 bits per heavy atom. The van der Waals surface area contributed by atoms with Crippen molar-refractivity contribution >= 4 is 0 Å². The van der Waals surface area contributed by atoms with Gasteiger partial charge >= 0.3 is 0 Å². The zero-order valence-electron chi connectivity index (χ0n) is 11.2. The third-order valence-corrected chi connectivity index (χ3v) is 4.46. The first kappa shape index (κ1) is 13.5. The number of rotatable bonds is 4. The van der Waals surface area contributed by atoms with Gasteiger partial charge in [-0.3, -0.25) is 0 Å². The third-order valence-electron chi connectivity index (χ3n) is 4.46. The van der Waals surface area contributed by atoms with E-state index >= 15 is 0 Å². The van der Waals surface area contributed by atoms with Crippen molar-refractivity contribution in [3.63, 3.8) is 0 Å². The van der Waals surface area contributed by atoms with Gasteiger partial charge in [0.15, 0.2) is 0 Å². The highest BCUT2D eigenvalue weighted by atomic mass is 19.1. The van der Waals surface area contributed by atoms with Gasteiger partial charge in [-0.05, 0) is 36.3 Å². The molecule has 1 aliphatic rings. The Labute approximate surface area is 110 Å². The Kier molecular flexibility index (Phi) is 4.76. The fraction of sp³-hybridized carbons (Fsp3) is 0.625. The first-order chi connectivity index (χ1) is 8.72. The molecule has 1 aromatic rings. The van der Waals surface area contributed by atoms with Crippen molar-refractivity contribution in [3.05, 3.63) is 35.6 Å². The summed E-state index contributed by atoms with van der Waals surface area (Å²) in [6, 6.07) is 7.12. The minimum Gasteiger partial charge on any atom is -0.327 e. The van der Waals surface area contributed by atoms with Crippen molar-refractivity contribution in [2.24, 2.45) is 17.6 Å². The van der Waals surface area contributed by atoms with Crippen LogP contribution in [0.1, 0.15) is 44.6 Å². The van der Waals surface area contributed by atoms with Gasteiger partial charge in [0, 0.05) is 6.04 Å². The Bertz CT molecular complexity index is 377. The van der Waals surface area contributed by atoms with Gasteiger partial charge < -0.3 is 5.73 Å². The van der Waals surface area contributed by atoms with Gasteiger partial charge in [0.25, 0.3) is 0 Å². The van der Waals surface area contributed by atoms with Gasteiger partial charge in [0.2, 0.25) is 0 Å². The predicted molar refractivity (Wildman–Crippen MR) is 73.8 cm³/mol. The van der Waals surface area contributed by atoms with E-state index in [0.29, 0.717) is 12.3 Å². The molecule has 0 amide bonds. The van der Waals surface area contributed by atoms with Crippen LogP contribution in [-0.2, 0) is 6.42 Å². The van der Waals surface area contributed by atoms with Crippen LogP contribution in [0.5, 0.6) is 0 Å². The molecule has 100 valence electrons. The quantitative estimate of drug-likeness (QED) is 0.860. The normalized spacial score (nSPS) is 25.9. The van der Waals surface area contributed by atoms with Crippen molar-refractivity contribution in [1.29, 1.82) is 0 Å². The molecule has 1 aliphatic carbocycles. The lowest BCUT2D eigenvalue weighted by Crippen LogP contribution is -2.38. The molecule has 3 unspecified atom stereocenters. The summed E-state index contributed by atoms with van der Waals surface area (Å²) in [6.07, 6.45) is 7.01. The summed E-state index contributed by atoms with van der Waals surface area (Å²) in [5, 5.41) is 0. The fourth-order valence-electron chi connectivity index (χ4n) is 3.38. The van der Waals surface area contributed by atoms with Gasteiger partial charge in [-0.15, -0.1) is 0 Å². The molecule has 3 atom stereocenters. The first-order valence-electron chi connectivity index (χ1n) is 7.21. The van der Waals surface area contributed by atoms with Crippen molar-refractivity contribution in [2.75, 3.05) is 0 Å². The molecule has 2 N–H and O–H groups in total. The Morgan fingerprint density at radius 2 is 2.00 bits per heavy atom. The van der Waals surface area contributed by atoms with Crippen LogP contribution in [0.25, 0.3) is 0 Å². The van der Waals surface area contributed by atoms with E-state index in [9.17, 15) is 4.39 Å². The van der Waals surface area contributed by atoms with E-state index in [-0.39, 0.29) is 11.9 Å². The van der Waals surface area contributed by atoms with Crippen LogP contribution in [0.4, 0.5) is 4.39 Å². The van der Waals surface area contributed by atoms with Gasteiger partial charge in [0.05, 0.1) is 0 Å². The smallest absolute Gasteiger partial charge is 0.126 e. The first-order valence-corrected chi connectivity index (χ1v) is 7.21. The number of halogens is 1. The van der Waals surface area contributed by atoms with E-state index in [4.69, 9.17) is 5.73 Å². The fourth-order valence-corrected chi connectivity index (χ4v) is 3.38. The standard InChI is InChI=1S/C16H24FN/c1-2-12-7-3-5-9-14(12)16(18)11-13-8-4-6-10-15(13)17/h4,6,8,10,12,14,16H,2-3,5,7,9,11,18H2,1H3. The molecule has 2 rings (SSSR count). The van der Waals surface area contributed by atoms with Crippen LogP contribution >= 0.6 is 0 Å². The second-order valence-corrected chi connectivity index (χ2v) is 5.58. The summed E-state index contributed by atoms with van der Waals surface area (Å²) in [5.74, 6) is 1.20. The lowest BCUT2D eigenvalue weighted by molar-refractivity contribution is 0.194. The van der Waals surface area contributed by atoms with Crippen LogP contribution in [0, 0.1) is 17.7 Å². The number of nitrogens with two attached hydrogens (primary N) is 1. The molecule has 18 heavy (non-hydrogen) atoms. The molecule has 0 bridgehead atoms. The summed E-state index contributed by atoms with van der Waals surface area (Å²) in [5.41, 5.74) is 7.12. The van der Waals surface area contributed by atoms with Gasteiger partial charge in [-0.2, -0.15) is 0 Å². The monoisotopic (exact) mass is 249 g/mol. The summed E-state index contributed by atoms with van der Waals surface area (Å²) >= 11 is 0. The van der Waals surface area contributed by atoms with Crippen LogP contribution in [0.3, 0.4) is 0 Å². The topological polar surface area (TPSA) is 26.0 Å². The molecular weight excluding hydrogens is 225 g/mol. The Balaban J connectivity index is 2.02. The van der Waals surface area contributed by atoms with E-state index in [0.717, 1.165) is 11.5 Å². The minimum absolute atomic E-state index is 0.104. The molecule has 1 fully saturated rings. The number of hydrogen-bond donors (Lipinski definition) is 1. The molecule has 0 aromatic heterocycles. The number of hydrogen-bond acceptors (Lipinski definition) is 1. The summed E-state index contributed by atoms with van der Waals surface area (Å²) in [6.45, 7) is 2.25. The van der Waals surface area contributed by atoms with Crippen molar-refractivity contribution < 1.29 is 4.39 Å². The van der Waals surface area contributed by atoms with Gasteiger partial charge in [-0.25, -0.2) is 4.39 Å². The summed E-state index contributed by atoms with van der Waals surface area (Å²) < 4.78 is 13.6. The average molecular weight is 249 g/mol. The minimum atomic E-state index is -0.114. The zero-order chi connectivity index (χ0) is 13.0. The Hall–Kier alpha value is -0.890. The van der Waals surface area contributed by atoms with Crippen LogP contribution in [0.15, 0.2) is 24.3 Å². The Morgan fingerprint density at radius 3 is 2.72 bits per heavy atom. The van der Waals surface area contributed by atoms with Crippen LogP contribution < -0.4 is 5.73 Å². The lowest BCUT2D eigenvalue weighted by atomic mass is 9.73. The molecule has 2 heteroatoms. The zero-order valence-corrected chi connectivity index (χ0v) is 11.2. The predicted octanol–water partition coefficient (Wildman–Crippen LogP) is 3.91. The van der Waals surface area contributed by atoms with Gasteiger partial charge in [-0.1, -0.05) is 50.8 Å². The highest BCUT2D eigenvalue weighted by Crippen LogP contribution is 2.34. The molecule has 0 spiro atoms. The van der Waals surface area contributed by atoms with Crippen molar-refractivity contribution in [3.8, 4) is 0 Å². The molecule has 1 saturated carbocycles. The van der Waals surface area contributed by atoms with Crippen molar-refractivity contribution in [2.45, 2.75) is 51.5 Å². The second-order valence-electron chi connectivity index (χ2n) is 5.58. The molecular formula is C16H24FN. The van der Waals surface area contributed by atoms with Crippen LogP contribution in [-0.4, -0.2) is 6.04 Å². The summed E-state index contributed by atoms with van der Waals surface area (Å²) in [7, 11) is 0. The van der Waals surface area contributed by atoms with E-state index in [2.05, 4.69) is 6.92 Å². The molecule has 0 saturated heterocycles. The largest absolute Gasteiger partial charge is 0.327 e. The molecule has 1 nitrogen and oxygen atoms in total. The molecule has 0 aliphatic heterocycles. The SMILES string of the molecule is CCC1CCCCC1C(N)Cc1ccccc1F. The highest BCUT2D eigenvalue weighted by molar-refractivity contribution is 5.18. The average Bonchev–Trinajstić information content (AvgIpc) is 2.41. The van der Waals surface area contributed by atoms with Crippen LogP contribution in [0.2, 0.25) is 0 Å². The van der Waals surface area contributed by atoms with E-state index in [1.54, 1.807) is 6.07 Å². The molecule has 1 aromatic carbocycles. The maximum absolute atomic E-state index is 13.6. The van der Waals surface area contributed by atoms with Crippen molar-refractivity contribution in [1.82, 2.24) is 0 Å². The highest BCUT2D eigenvalue weighted by Gasteiger charge is 2.28. The lowest BCUT2D eigenvalue weighted by Gasteiger charge is -2.35. The van der Waals surface area contributed by atoms with E-state index in [1.165, 1.54) is 38.2 Å². The molecule has 0 radical (unpaired) electrons. The number of benzene rings is 1. The van der Waals surface area contributed by atoms with E-state index in [1.807, 2.05) is 12.1 Å². The third kappa shape index (κ3) is 3.11. The molecule has 0 heterocycles. The van der Waals surface area contributed by atoms with E-state index < -0.39 is 0 Å². The summed E-state index contributed by atoms with van der Waals surface area (Å²) in [4.78, 5) is 0.